The summed E-state index contributed by atoms with van der Waals surface area (Å²) in [5, 5.41) is 7.84. The lowest BCUT2D eigenvalue weighted by Gasteiger charge is -2.16. The van der Waals surface area contributed by atoms with Crippen molar-refractivity contribution in [1.82, 2.24) is 25.1 Å². The first-order valence-corrected chi connectivity index (χ1v) is 7.53. The molecule has 0 bridgehead atoms. The van der Waals surface area contributed by atoms with Gasteiger partial charge in [0.1, 0.15) is 0 Å². The molecule has 2 aromatic rings. The highest BCUT2D eigenvalue weighted by Gasteiger charge is 2.19. The van der Waals surface area contributed by atoms with Crippen molar-refractivity contribution in [3.63, 3.8) is 0 Å². The zero-order valence-corrected chi connectivity index (χ0v) is 13.9. The predicted octanol–water partition coefficient (Wildman–Crippen LogP) is 2.58. The van der Waals surface area contributed by atoms with E-state index in [4.69, 9.17) is 0 Å². The van der Waals surface area contributed by atoms with Gasteiger partial charge in [-0.25, -0.2) is 0 Å². The van der Waals surface area contributed by atoms with Gasteiger partial charge in [-0.2, -0.15) is 5.10 Å². The van der Waals surface area contributed by atoms with Gasteiger partial charge in [-0.3, -0.25) is 14.6 Å². The second kappa shape index (κ2) is 6.45. The second-order valence-electron chi connectivity index (χ2n) is 4.79. The summed E-state index contributed by atoms with van der Waals surface area (Å²) in [4.78, 5) is 8.79. The Bertz CT molecular complexity index is 576. The van der Waals surface area contributed by atoms with Gasteiger partial charge >= 0.3 is 0 Å². The minimum Gasteiger partial charge on any atom is -0.311 e. The summed E-state index contributed by atoms with van der Waals surface area (Å²) < 4.78 is 3.12. The van der Waals surface area contributed by atoms with Crippen LogP contribution in [-0.2, 0) is 13.0 Å². The maximum Gasteiger partial charge on any atom is 0.0760 e. The number of hydrogen-bond donors (Lipinski definition) is 1. The van der Waals surface area contributed by atoms with Crippen molar-refractivity contribution in [1.29, 1.82) is 0 Å². The average molecular weight is 338 g/mol. The van der Waals surface area contributed by atoms with E-state index in [1.165, 1.54) is 5.69 Å². The molecule has 2 heterocycles. The van der Waals surface area contributed by atoms with E-state index >= 15 is 0 Å². The van der Waals surface area contributed by atoms with Crippen LogP contribution in [0.1, 0.15) is 35.7 Å². The van der Waals surface area contributed by atoms with Gasteiger partial charge in [0.2, 0.25) is 0 Å². The molecular formula is C14H20BrN5. The summed E-state index contributed by atoms with van der Waals surface area (Å²) in [6.07, 6.45) is 4.46. The summed E-state index contributed by atoms with van der Waals surface area (Å²) in [5.41, 5.74) is 4.09. The number of likely N-dealkylation sites (N-methyl/N-ethyl adjacent to an activating group) is 1. The maximum atomic E-state index is 4.53. The van der Waals surface area contributed by atoms with Gasteiger partial charge < -0.3 is 5.32 Å². The molecule has 0 spiro atoms. The van der Waals surface area contributed by atoms with E-state index in [0.717, 1.165) is 34.5 Å². The van der Waals surface area contributed by atoms with Crippen LogP contribution in [0.3, 0.4) is 0 Å². The lowest BCUT2D eigenvalue weighted by atomic mass is 10.1. The van der Waals surface area contributed by atoms with Crippen LogP contribution >= 0.6 is 15.9 Å². The standard InChI is InChI=1S/C14H20BrN5/c1-5-20-13(14(15)10(3)19-20)6-11(16-4)12-8-17-9(2)7-18-12/h7-8,11,16H,5-6H2,1-4H3. The summed E-state index contributed by atoms with van der Waals surface area (Å²) in [5.74, 6) is 0. The minimum atomic E-state index is 0.126. The first kappa shape index (κ1) is 15.1. The Morgan fingerprint density at radius 3 is 2.60 bits per heavy atom. The number of hydrogen-bond acceptors (Lipinski definition) is 4. The first-order chi connectivity index (χ1) is 9.56. The van der Waals surface area contributed by atoms with Crippen molar-refractivity contribution in [3.05, 3.63) is 39.6 Å². The van der Waals surface area contributed by atoms with Crippen LogP contribution in [0.4, 0.5) is 0 Å². The van der Waals surface area contributed by atoms with Crippen molar-refractivity contribution >= 4 is 15.9 Å². The molecule has 0 fully saturated rings. The third kappa shape index (κ3) is 3.07. The molecule has 108 valence electrons. The third-order valence-electron chi connectivity index (χ3n) is 3.36. The van der Waals surface area contributed by atoms with E-state index in [9.17, 15) is 0 Å². The van der Waals surface area contributed by atoms with Crippen LogP contribution in [-0.4, -0.2) is 26.8 Å². The molecule has 0 saturated heterocycles. The van der Waals surface area contributed by atoms with Crippen LogP contribution in [0.15, 0.2) is 16.9 Å². The normalized spacial score (nSPS) is 12.7. The largest absolute Gasteiger partial charge is 0.311 e. The van der Waals surface area contributed by atoms with Crippen molar-refractivity contribution in [3.8, 4) is 0 Å². The third-order valence-corrected chi connectivity index (χ3v) is 4.39. The Labute approximate surface area is 128 Å². The quantitative estimate of drug-likeness (QED) is 0.910. The fraction of sp³-hybridized carbons (Fsp3) is 0.500. The lowest BCUT2D eigenvalue weighted by molar-refractivity contribution is 0.528. The highest BCUT2D eigenvalue weighted by molar-refractivity contribution is 9.10. The smallest absolute Gasteiger partial charge is 0.0760 e. The average Bonchev–Trinajstić information content (AvgIpc) is 2.73. The highest BCUT2D eigenvalue weighted by atomic mass is 79.9. The van der Waals surface area contributed by atoms with Crippen molar-refractivity contribution in [2.45, 2.75) is 39.8 Å². The Hall–Kier alpha value is -1.27. The van der Waals surface area contributed by atoms with E-state index in [1.54, 1.807) is 6.20 Å². The summed E-state index contributed by atoms with van der Waals surface area (Å²) in [7, 11) is 1.94. The zero-order chi connectivity index (χ0) is 14.7. The van der Waals surface area contributed by atoms with Crippen LogP contribution in [0, 0.1) is 13.8 Å². The molecule has 2 rings (SSSR count). The van der Waals surface area contributed by atoms with Crippen molar-refractivity contribution in [2.75, 3.05) is 7.05 Å². The number of rotatable bonds is 5. The van der Waals surface area contributed by atoms with Crippen LogP contribution < -0.4 is 5.32 Å². The van der Waals surface area contributed by atoms with Gasteiger partial charge in [-0.1, -0.05) is 0 Å². The van der Waals surface area contributed by atoms with Gasteiger partial charge in [0.05, 0.1) is 39.5 Å². The summed E-state index contributed by atoms with van der Waals surface area (Å²) in [6.45, 7) is 6.91. The van der Waals surface area contributed by atoms with E-state index in [1.807, 2.05) is 31.8 Å². The molecule has 1 unspecified atom stereocenters. The highest BCUT2D eigenvalue weighted by Crippen LogP contribution is 2.25. The van der Waals surface area contributed by atoms with E-state index in [2.05, 4.69) is 43.2 Å². The number of aromatic nitrogens is 4. The maximum absolute atomic E-state index is 4.53. The SMILES string of the molecule is CCn1nc(C)c(Br)c1CC(NC)c1cnc(C)cn1. The van der Waals surface area contributed by atoms with Crippen LogP contribution in [0.25, 0.3) is 0 Å². The molecule has 0 aliphatic heterocycles. The second-order valence-corrected chi connectivity index (χ2v) is 5.58. The van der Waals surface area contributed by atoms with Gasteiger partial charge in [0, 0.05) is 19.2 Å². The topological polar surface area (TPSA) is 55.6 Å². The molecule has 2 aromatic heterocycles. The molecule has 0 aromatic carbocycles. The summed E-state index contributed by atoms with van der Waals surface area (Å²) in [6, 6.07) is 0.126. The Balaban J connectivity index is 2.28. The molecule has 0 saturated carbocycles. The van der Waals surface area contributed by atoms with E-state index < -0.39 is 0 Å². The molecule has 0 aliphatic carbocycles. The number of aryl methyl sites for hydroxylation is 3. The predicted molar refractivity (Wildman–Crippen MR) is 82.6 cm³/mol. The monoisotopic (exact) mass is 337 g/mol. The fourth-order valence-corrected chi connectivity index (χ4v) is 2.64. The molecule has 1 atom stereocenters. The number of nitrogens with zero attached hydrogens (tertiary/aromatic N) is 4. The van der Waals surface area contributed by atoms with E-state index in [0.29, 0.717) is 0 Å². The Morgan fingerprint density at radius 1 is 1.30 bits per heavy atom. The molecular weight excluding hydrogens is 318 g/mol. The summed E-state index contributed by atoms with van der Waals surface area (Å²) >= 11 is 3.64. The first-order valence-electron chi connectivity index (χ1n) is 6.74. The fourth-order valence-electron chi connectivity index (χ4n) is 2.19. The molecule has 5 nitrogen and oxygen atoms in total. The van der Waals surface area contributed by atoms with E-state index in [-0.39, 0.29) is 6.04 Å². The van der Waals surface area contributed by atoms with Gasteiger partial charge in [-0.05, 0) is 43.7 Å². The molecule has 6 heteroatoms. The van der Waals surface area contributed by atoms with Crippen LogP contribution in [0.2, 0.25) is 0 Å². The number of nitrogens with one attached hydrogen (secondary N) is 1. The zero-order valence-electron chi connectivity index (χ0n) is 12.3. The Morgan fingerprint density at radius 2 is 2.05 bits per heavy atom. The van der Waals surface area contributed by atoms with Crippen molar-refractivity contribution in [2.24, 2.45) is 0 Å². The Kier molecular flexibility index (Phi) is 4.88. The lowest BCUT2D eigenvalue weighted by Crippen LogP contribution is -2.22. The van der Waals surface area contributed by atoms with Crippen molar-refractivity contribution < 1.29 is 0 Å². The molecule has 20 heavy (non-hydrogen) atoms. The minimum absolute atomic E-state index is 0.126. The number of halogens is 1. The molecule has 0 amide bonds. The van der Waals surface area contributed by atoms with Gasteiger partial charge in [0.15, 0.2) is 0 Å². The molecule has 1 N–H and O–H groups in total. The van der Waals surface area contributed by atoms with Gasteiger partial charge in [-0.15, -0.1) is 0 Å². The van der Waals surface area contributed by atoms with Crippen LogP contribution in [0.5, 0.6) is 0 Å². The van der Waals surface area contributed by atoms with Gasteiger partial charge in [0.25, 0.3) is 0 Å². The molecule has 0 radical (unpaired) electrons. The molecule has 0 aliphatic rings.